The second-order valence-corrected chi connectivity index (χ2v) is 6.60. The molecule has 0 spiro atoms. The molecular weight excluding hydrogens is 362 g/mol. The van der Waals surface area contributed by atoms with Gasteiger partial charge in [0.1, 0.15) is 0 Å². The van der Waals surface area contributed by atoms with E-state index in [1.807, 2.05) is 6.07 Å². The molecule has 1 saturated heterocycles. The first-order chi connectivity index (χ1) is 13.6. The van der Waals surface area contributed by atoms with E-state index in [0.717, 1.165) is 0 Å². The van der Waals surface area contributed by atoms with Gasteiger partial charge in [0.15, 0.2) is 6.10 Å². The second kappa shape index (κ2) is 7.92. The summed E-state index contributed by atoms with van der Waals surface area (Å²) in [5.74, 6) is -2.13. The highest BCUT2D eigenvalue weighted by Crippen LogP contribution is 2.28. The van der Waals surface area contributed by atoms with E-state index >= 15 is 0 Å². The molecule has 144 valence electrons. The Bertz CT molecular complexity index is 856. The van der Waals surface area contributed by atoms with Crippen LogP contribution >= 0.6 is 0 Å². The maximum atomic E-state index is 12.9. The van der Waals surface area contributed by atoms with Crippen LogP contribution in [0.3, 0.4) is 0 Å². The first-order valence-corrected chi connectivity index (χ1v) is 9.13. The highest BCUT2D eigenvalue weighted by molar-refractivity contribution is 6.20. The lowest BCUT2D eigenvalue weighted by atomic mass is 10.1. The molecule has 2 aromatic rings. The van der Waals surface area contributed by atoms with Gasteiger partial charge in [-0.15, -0.1) is 0 Å². The number of fused-ring (bicyclic) bond motifs is 1. The topological polar surface area (TPSA) is 82.1 Å². The Balaban J connectivity index is 1.54. The van der Waals surface area contributed by atoms with Crippen molar-refractivity contribution < 1.29 is 28.7 Å². The van der Waals surface area contributed by atoms with Crippen molar-refractivity contribution in [2.75, 3.05) is 13.2 Å². The number of nitrogens with zero attached hydrogens (tertiary/aromatic N) is 1. The zero-order valence-electron chi connectivity index (χ0n) is 15.1. The molecule has 0 aromatic heterocycles. The summed E-state index contributed by atoms with van der Waals surface area (Å²) >= 11 is 0. The van der Waals surface area contributed by atoms with Crippen molar-refractivity contribution in [2.24, 2.45) is 0 Å². The molecule has 2 aliphatic heterocycles. The van der Waals surface area contributed by atoms with E-state index in [1.165, 1.54) is 12.1 Å². The Labute approximate surface area is 161 Å². The predicted octanol–water partition coefficient (Wildman–Crippen LogP) is 2.68. The van der Waals surface area contributed by atoms with Gasteiger partial charge in [0.05, 0.1) is 17.2 Å². The van der Waals surface area contributed by atoms with Crippen LogP contribution in [0.15, 0.2) is 54.6 Å². The third-order valence-electron chi connectivity index (χ3n) is 4.75. The first kappa shape index (κ1) is 18.3. The highest BCUT2D eigenvalue weighted by Gasteiger charge is 2.40. The highest BCUT2D eigenvalue weighted by atomic mass is 16.7. The summed E-state index contributed by atoms with van der Waals surface area (Å²) in [6.07, 6.45) is 0.0927. The van der Waals surface area contributed by atoms with Gasteiger partial charge in [-0.2, -0.15) is 0 Å². The van der Waals surface area contributed by atoms with Crippen LogP contribution in [0, 0.1) is 0 Å². The molecule has 0 aliphatic carbocycles. The van der Waals surface area contributed by atoms with Crippen LogP contribution < -0.4 is 0 Å². The molecule has 2 heterocycles. The summed E-state index contributed by atoms with van der Waals surface area (Å²) in [7, 11) is 0. The molecule has 2 aromatic carbocycles. The average molecular weight is 381 g/mol. The van der Waals surface area contributed by atoms with Gasteiger partial charge in [0.25, 0.3) is 11.8 Å². The van der Waals surface area contributed by atoms with Crippen molar-refractivity contribution in [2.45, 2.75) is 25.0 Å². The van der Waals surface area contributed by atoms with Gasteiger partial charge in [-0.3, -0.25) is 9.59 Å². The summed E-state index contributed by atoms with van der Waals surface area (Å²) in [6, 6.07) is 15.2. The summed E-state index contributed by atoms with van der Waals surface area (Å²) < 4.78 is 11.3. The Morgan fingerprint density at radius 3 is 2.11 bits per heavy atom. The lowest BCUT2D eigenvalue weighted by Gasteiger charge is -2.27. The summed E-state index contributed by atoms with van der Waals surface area (Å²) in [5.41, 5.74) is 1.01. The largest absolute Gasteiger partial charge is 0.381 e. The SMILES string of the molecule is O=C(ON1C(=O)c2ccccc2C1=O)C(OC1CCOCC1)c1ccccc1. The molecule has 7 nitrogen and oxygen atoms in total. The van der Waals surface area contributed by atoms with Gasteiger partial charge in [-0.25, -0.2) is 4.79 Å². The minimum absolute atomic E-state index is 0.173. The van der Waals surface area contributed by atoms with Crippen LogP contribution in [-0.4, -0.2) is 42.2 Å². The number of ether oxygens (including phenoxy) is 2. The van der Waals surface area contributed by atoms with Gasteiger partial charge in [-0.1, -0.05) is 47.5 Å². The number of hydrogen-bond acceptors (Lipinski definition) is 6. The van der Waals surface area contributed by atoms with E-state index in [0.29, 0.717) is 36.7 Å². The average Bonchev–Trinajstić information content (AvgIpc) is 2.98. The molecule has 0 N–H and O–H groups in total. The molecule has 2 amide bonds. The molecule has 2 aliphatic rings. The fourth-order valence-electron chi connectivity index (χ4n) is 3.29. The molecule has 1 unspecified atom stereocenters. The van der Waals surface area contributed by atoms with Crippen molar-refractivity contribution in [1.82, 2.24) is 5.06 Å². The Kier molecular flexibility index (Phi) is 5.18. The standard InChI is InChI=1S/C21H19NO6/c23-19-16-8-4-5-9-17(16)20(24)22(19)28-21(25)18(14-6-2-1-3-7-14)27-15-10-12-26-13-11-15/h1-9,15,18H,10-13H2. The van der Waals surface area contributed by atoms with Crippen LogP contribution in [-0.2, 0) is 19.1 Å². The van der Waals surface area contributed by atoms with Gasteiger partial charge in [-0.05, 0) is 30.5 Å². The fourth-order valence-corrected chi connectivity index (χ4v) is 3.29. The molecule has 0 saturated carbocycles. The zero-order chi connectivity index (χ0) is 19.5. The predicted molar refractivity (Wildman–Crippen MR) is 97.1 cm³/mol. The lowest BCUT2D eigenvalue weighted by Crippen LogP contribution is -2.36. The minimum atomic E-state index is -1.05. The van der Waals surface area contributed by atoms with Crippen molar-refractivity contribution in [3.63, 3.8) is 0 Å². The third kappa shape index (κ3) is 3.54. The third-order valence-corrected chi connectivity index (χ3v) is 4.75. The van der Waals surface area contributed by atoms with Crippen LogP contribution in [0.5, 0.6) is 0 Å². The van der Waals surface area contributed by atoms with Crippen LogP contribution in [0.2, 0.25) is 0 Å². The number of hydrogen-bond donors (Lipinski definition) is 0. The smallest absolute Gasteiger partial charge is 0.366 e. The van der Waals surface area contributed by atoms with Crippen LogP contribution in [0.25, 0.3) is 0 Å². The number of amides is 2. The Hall–Kier alpha value is -3.03. The maximum absolute atomic E-state index is 12.9. The number of hydroxylamine groups is 2. The number of carbonyl (C=O) groups is 3. The zero-order valence-corrected chi connectivity index (χ0v) is 15.1. The quantitative estimate of drug-likeness (QED) is 0.741. The molecule has 28 heavy (non-hydrogen) atoms. The number of benzene rings is 2. The Morgan fingerprint density at radius 2 is 1.50 bits per heavy atom. The van der Waals surface area contributed by atoms with E-state index in [2.05, 4.69) is 0 Å². The van der Waals surface area contributed by atoms with Gasteiger partial charge >= 0.3 is 5.97 Å². The van der Waals surface area contributed by atoms with E-state index in [9.17, 15) is 14.4 Å². The molecule has 7 heteroatoms. The molecule has 1 atom stereocenters. The van der Waals surface area contributed by atoms with E-state index in [1.54, 1.807) is 36.4 Å². The van der Waals surface area contributed by atoms with E-state index in [-0.39, 0.29) is 17.2 Å². The normalized spacial score (nSPS) is 18.1. The number of carbonyl (C=O) groups excluding carboxylic acids is 3. The van der Waals surface area contributed by atoms with E-state index in [4.69, 9.17) is 14.3 Å². The van der Waals surface area contributed by atoms with Gasteiger partial charge in [0, 0.05) is 13.2 Å². The minimum Gasteiger partial charge on any atom is -0.381 e. The molecule has 0 bridgehead atoms. The van der Waals surface area contributed by atoms with Crippen molar-refractivity contribution in [3.05, 3.63) is 71.3 Å². The van der Waals surface area contributed by atoms with Crippen LogP contribution in [0.1, 0.15) is 45.2 Å². The van der Waals surface area contributed by atoms with Gasteiger partial charge < -0.3 is 14.3 Å². The molecule has 1 fully saturated rings. The monoisotopic (exact) mass is 381 g/mol. The lowest BCUT2D eigenvalue weighted by molar-refractivity contribution is -0.188. The Morgan fingerprint density at radius 1 is 0.929 bits per heavy atom. The molecule has 4 rings (SSSR count). The second-order valence-electron chi connectivity index (χ2n) is 6.60. The fraction of sp³-hybridized carbons (Fsp3) is 0.286. The van der Waals surface area contributed by atoms with Crippen molar-refractivity contribution >= 4 is 17.8 Å². The summed E-state index contributed by atoms with van der Waals surface area (Å²) in [4.78, 5) is 43.0. The molecular formula is C21H19NO6. The van der Waals surface area contributed by atoms with E-state index < -0.39 is 23.9 Å². The number of imide groups is 1. The summed E-state index contributed by atoms with van der Waals surface area (Å²) in [5, 5.41) is 0.510. The maximum Gasteiger partial charge on any atom is 0.366 e. The first-order valence-electron chi connectivity index (χ1n) is 9.13. The van der Waals surface area contributed by atoms with Gasteiger partial charge in [0.2, 0.25) is 0 Å². The van der Waals surface area contributed by atoms with Crippen molar-refractivity contribution in [3.8, 4) is 0 Å². The van der Waals surface area contributed by atoms with Crippen LogP contribution in [0.4, 0.5) is 0 Å². The molecule has 0 radical (unpaired) electrons. The summed E-state index contributed by atoms with van der Waals surface area (Å²) in [6.45, 7) is 1.11. The number of rotatable bonds is 5. The van der Waals surface area contributed by atoms with Crippen molar-refractivity contribution in [1.29, 1.82) is 0 Å².